The second-order valence-electron chi connectivity index (χ2n) is 6.39. The van der Waals surface area contributed by atoms with Crippen LogP contribution in [-0.2, 0) is 11.3 Å². The highest BCUT2D eigenvalue weighted by Gasteiger charge is 2.31. The lowest BCUT2D eigenvalue weighted by atomic mass is 10.2. The van der Waals surface area contributed by atoms with Gasteiger partial charge in [0.2, 0.25) is 0 Å². The van der Waals surface area contributed by atoms with Crippen LogP contribution in [0.3, 0.4) is 0 Å². The summed E-state index contributed by atoms with van der Waals surface area (Å²) in [7, 11) is 1.59. The smallest absolute Gasteiger partial charge is 0.275 e. The second-order valence-corrected chi connectivity index (χ2v) is 6.39. The lowest BCUT2D eigenvalue weighted by molar-refractivity contribution is -0.120. The molecule has 29 heavy (non-hydrogen) atoms. The van der Waals surface area contributed by atoms with Crippen molar-refractivity contribution in [1.29, 1.82) is 0 Å². The van der Waals surface area contributed by atoms with Gasteiger partial charge in [-0.1, -0.05) is 12.1 Å². The number of benzene rings is 1. The highest BCUT2D eigenvalue weighted by atomic mass is 19.1. The summed E-state index contributed by atoms with van der Waals surface area (Å²) in [6, 6.07) is 7.72. The van der Waals surface area contributed by atoms with Crippen molar-refractivity contribution in [3.05, 3.63) is 66.3 Å². The number of amides is 2. The van der Waals surface area contributed by atoms with Crippen molar-refractivity contribution in [2.24, 2.45) is 0 Å². The normalized spacial score (nSPS) is 16.0. The number of fused-ring (bicyclic) bond motifs is 1. The molecule has 1 aromatic carbocycles. The summed E-state index contributed by atoms with van der Waals surface area (Å²) in [6.07, 6.45) is 4.20. The molecular formula is C19H17FN6O3. The van der Waals surface area contributed by atoms with Gasteiger partial charge in [-0.15, -0.1) is 0 Å². The van der Waals surface area contributed by atoms with Crippen LogP contribution in [0.2, 0.25) is 0 Å². The van der Waals surface area contributed by atoms with Gasteiger partial charge in [0, 0.05) is 19.4 Å². The first-order valence-corrected chi connectivity index (χ1v) is 8.82. The lowest BCUT2D eigenvalue weighted by Crippen LogP contribution is -2.49. The van der Waals surface area contributed by atoms with Gasteiger partial charge in [-0.25, -0.2) is 14.4 Å². The van der Waals surface area contributed by atoms with Gasteiger partial charge >= 0.3 is 0 Å². The quantitative estimate of drug-likeness (QED) is 0.706. The standard InChI is InChI=1S/C19H17FN6O3/c1-25-14-5-2-3-6-15(14)29-11-13(19(25)28)23-18(27)17-12(20)9-26(24-17)10-16-21-7-4-8-22-16/h2-9,13H,10-11H2,1H3,(H,23,27)/t13-/m0/s1. The van der Waals surface area contributed by atoms with E-state index in [1.807, 2.05) is 0 Å². The number of nitrogens with one attached hydrogen (secondary N) is 1. The highest BCUT2D eigenvalue weighted by molar-refractivity contribution is 6.02. The zero-order valence-corrected chi connectivity index (χ0v) is 15.4. The van der Waals surface area contributed by atoms with Crippen molar-refractivity contribution in [1.82, 2.24) is 25.1 Å². The van der Waals surface area contributed by atoms with Crippen LogP contribution in [0.4, 0.5) is 10.1 Å². The molecule has 2 aromatic heterocycles. The summed E-state index contributed by atoms with van der Waals surface area (Å²) >= 11 is 0. The first kappa shape index (κ1) is 18.5. The number of likely N-dealkylation sites (N-methyl/N-ethyl adjacent to an activating group) is 1. The molecule has 0 saturated carbocycles. The Hall–Kier alpha value is -3.82. The van der Waals surface area contributed by atoms with Crippen molar-refractivity contribution < 1.29 is 18.7 Å². The average Bonchev–Trinajstić information content (AvgIpc) is 3.05. The van der Waals surface area contributed by atoms with Crippen molar-refractivity contribution in [3.63, 3.8) is 0 Å². The van der Waals surface area contributed by atoms with Crippen LogP contribution >= 0.6 is 0 Å². The van der Waals surface area contributed by atoms with Crippen LogP contribution in [-0.4, -0.2) is 51.3 Å². The van der Waals surface area contributed by atoms with Gasteiger partial charge in [0.1, 0.15) is 30.8 Å². The number of aromatic nitrogens is 4. The third-order valence-electron chi connectivity index (χ3n) is 4.42. The van der Waals surface area contributed by atoms with Crippen LogP contribution < -0.4 is 15.0 Å². The molecule has 10 heteroatoms. The summed E-state index contributed by atoms with van der Waals surface area (Å²) in [5.74, 6) is -1.04. The molecule has 2 amide bonds. The van der Waals surface area contributed by atoms with E-state index in [0.29, 0.717) is 17.3 Å². The number of ether oxygens (including phenoxy) is 1. The molecule has 4 rings (SSSR count). The van der Waals surface area contributed by atoms with Crippen molar-refractivity contribution in [3.8, 4) is 5.75 Å². The number of rotatable bonds is 4. The Kier molecular flexibility index (Phi) is 4.90. The fraction of sp³-hybridized carbons (Fsp3) is 0.211. The number of nitrogens with zero attached hydrogens (tertiary/aromatic N) is 5. The van der Waals surface area contributed by atoms with E-state index in [2.05, 4.69) is 20.4 Å². The van der Waals surface area contributed by atoms with E-state index in [4.69, 9.17) is 4.74 Å². The molecule has 3 heterocycles. The molecule has 1 N–H and O–H groups in total. The van der Waals surface area contributed by atoms with E-state index in [1.165, 1.54) is 9.58 Å². The number of para-hydroxylation sites is 2. The molecule has 0 bridgehead atoms. The van der Waals surface area contributed by atoms with E-state index >= 15 is 0 Å². The molecule has 9 nitrogen and oxygen atoms in total. The number of hydrogen-bond acceptors (Lipinski definition) is 6. The second kappa shape index (κ2) is 7.66. The van der Waals surface area contributed by atoms with Gasteiger partial charge in [0.25, 0.3) is 11.8 Å². The van der Waals surface area contributed by atoms with Crippen molar-refractivity contribution in [2.45, 2.75) is 12.6 Å². The molecule has 1 aliphatic heterocycles. The summed E-state index contributed by atoms with van der Waals surface area (Å²) < 4.78 is 21.1. The summed E-state index contributed by atoms with van der Waals surface area (Å²) in [6.45, 7) is 0.0284. The van der Waals surface area contributed by atoms with Crippen LogP contribution in [0.15, 0.2) is 48.9 Å². The Morgan fingerprint density at radius 1 is 1.28 bits per heavy atom. The predicted molar refractivity (Wildman–Crippen MR) is 99.9 cm³/mol. The van der Waals surface area contributed by atoms with Gasteiger partial charge < -0.3 is 15.0 Å². The van der Waals surface area contributed by atoms with E-state index < -0.39 is 23.5 Å². The average molecular weight is 396 g/mol. The maximum atomic E-state index is 14.3. The van der Waals surface area contributed by atoms with E-state index in [0.717, 1.165) is 6.20 Å². The summed E-state index contributed by atoms with van der Waals surface area (Å²) in [5.41, 5.74) is 0.172. The Bertz CT molecular complexity index is 1060. The summed E-state index contributed by atoms with van der Waals surface area (Å²) in [4.78, 5) is 34.7. The highest BCUT2D eigenvalue weighted by Crippen LogP contribution is 2.29. The van der Waals surface area contributed by atoms with Gasteiger partial charge in [-0.2, -0.15) is 5.10 Å². The molecule has 0 aliphatic carbocycles. The van der Waals surface area contributed by atoms with Crippen LogP contribution in [0, 0.1) is 5.82 Å². The van der Waals surface area contributed by atoms with Gasteiger partial charge in [-0.3, -0.25) is 14.3 Å². The van der Waals surface area contributed by atoms with Crippen LogP contribution in [0.1, 0.15) is 16.3 Å². The van der Waals surface area contributed by atoms with E-state index in [-0.39, 0.29) is 19.1 Å². The third-order valence-corrected chi connectivity index (χ3v) is 4.42. The van der Waals surface area contributed by atoms with Crippen molar-refractivity contribution in [2.75, 3.05) is 18.6 Å². The van der Waals surface area contributed by atoms with E-state index in [1.54, 1.807) is 49.8 Å². The minimum Gasteiger partial charge on any atom is -0.489 e. The number of hydrogen-bond donors (Lipinski definition) is 1. The number of anilines is 1. The van der Waals surface area contributed by atoms with Gasteiger partial charge in [0.05, 0.1) is 11.9 Å². The Morgan fingerprint density at radius 3 is 2.83 bits per heavy atom. The van der Waals surface area contributed by atoms with Crippen LogP contribution in [0.25, 0.3) is 0 Å². The maximum Gasteiger partial charge on any atom is 0.275 e. The van der Waals surface area contributed by atoms with E-state index in [9.17, 15) is 14.0 Å². The molecule has 0 fully saturated rings. The molecule has 1 aliphatic rings. The van der Waals surface area contributed by atoms with Gasteiger partial charge in [0.15, 0.2) is 11.5 Å². The minimum absolute atomic E-state index is 0.0773. The monoisotopic (exact) mass is 396 g/mol. The molecule has 0 unspecified atom stereocenters. The number of halogens is 1. The zero-order valence-electron chi connectivity index (χ0n) is 15.4. The first-order valence-electron chi connectivity index (χ1n) is 8.82. The largest absolute Gasteiger partial charge is 0.489 e. The Balaban J connectivity index is 1.49. The molecule has 148 valence electrons. The molecule has 0 spiro atoms. The molecule has 0 radical (unpaired) electrons. The fourth-order valence-corrected chi connectivity index (χ4v) is 2.97. The fourth-order valence-electron chi connectivity index (χ4n) is 2.97. The predicted octanol–water partition coefficient (Wildman–Crippen LogP) is 1.01. The first-order chi connectivity index (χ1) is 14.0. The topological polar surface area (TPSA) is 102 Å². The zero-order chi connectivity index (χ0) is 20.4. The maximum absolute atomic E-state index is 14.3. The molecule has 0 saturated heterocycles. The lowest BCUT2D eigenvalue weighted by Gasteiger charge is -2.20. The molecular weight excluding hydrogens is 379 g/mol. The summed E-state index contributed by atoms with van der Waals surface area (Å²) in [5, 5.41) is 6.47. The Labute approximate surface area is 165 Å². The molecule has 3 aromatic rings. The third kappa shape index (κ3) is 3.77. The molecule has 1 atom stereocenters. The SMILES string of the molecule is CN1C(=O)[C@@H](NC(=O)c2nn(Cc3ncccn3)cc2F)COc2ccccc21. The van der Waals surface area contributed by atoms with Gasteiger partial charge in [-0.05, 0) is 18.2 Å². The van der Waals surface area contributed by atoms with Crippen LogP contribution in [0.5, 0.6) is 5.75 Å². The Morgan fingerprint density at radius 2 is 2.03 bits per heavy atom. The van der Waals surface area contributed by atoms with Crippen molar-refractivity contribution >= 4 is 17.5 Å². The minimum atomic E-state index is -0.984. The number of carbonyl (C=O) groups excluding carboxylic acids is 2. The number of carbonyl (C=O) groups is 2.